The monoisotopic (exact) mass is 253 g/mol. The van der Waals surface area contributed by atoms with Crippen molar-refractivity contribution in [3.05, 3.63) is 47.7 Å². The van der Waals surface area contributed by atoms with E-state index in [2.05, 4.69) is 28.2 Å². The molecule has 0 saturated carbocycles. The average molecular weight is 253 g/mol. The van der Waals surface area contributed by atoms with Crippen LogP contribution in [-0.4, -0.2) is 21.5 Å². The van der Waals surface area contributed by atoms with Gasteiger partial charge in [-0.1, -0.05) is 23.8 Å². The fourth-order valence-corrected chi connectivity index (χ4v) is 1.81. The lowest BCUT2D eigenvalue weighted by Gasteiger charge is -2.04. The molecule has 1 aromatic carbocycles. The summed E-state index contributed by atoms with van der Waals surface area (Å²) in [5.41, 5.74) is 3.39. The summed E-state index contributed by atoms with van der Waals surface area (Å²) in [6.45, 7) is 8.19. The summed E-state index contributed by atoms with van der Waals surface area (Å²) in [5, 5.41) is 20.6. The van der Waals surface area contributed by atoms with Crippen molar-refractivity contribution < 1.29 is 0 Å². The van der Waals surface area contributed by atoms with Crippen LogP contribution in [0.3, 0.4) is 0 Å². The van der Waals surface area contributed by atoms with Crippen LogP contribution in [0.5, 0.6) is 0 Å². The van der Waals surface area contributed by atoms with Crippen LogP contribution < -0.4 is 5.32 Å². The standard InChI is InChI=1S/C14H15N5/c1-4-7-16-14-12(9-15)17-19(18-14)13-6-5-10(2)8-11(13)3/h4-6,8H,1,7H2,2-3H3,(H,16,18). The first-order valence-corrected chi connectivity index (χ1v) is 5.95. The minimum absolute atomic E-state index is 0.279. The van der Waals surface area contributed by atoms with Crippen molar-refractivity contribution in [1.29, 1.82) is 5.26 Å². The van der Waals surface area contributed by atoms with E-state index in [9.17, 15) is 0 Å². The van der Waals surface area contributed by atoms with E-state index in [0.29, 0.717) is 12.4 Å². The van der Waals surface area contributed by atoms with Gasteiger partial charge in [0.1, 0.15) is 6.07 Å². The Labute approximate surface area is 112 Å². The topological polar surface area (TPSA) is 66.5 Å². The number of nitrogens with zero attached hydrogens (tertiary/aromatic N) is 4. The number of hydrogen-bond donors (Lipinski definition) is 1. The second-order valence-corrected chi connectivity index (χ2v) is 4.26. The van der Waals surface area contributed by atoms with Gasteiger partial charge in [-0.25, -0.2) is 0 Å². The molecule has 0 aliphatic carbocycles. The number of benzene rings is 1. The van der Waals surface area contributed by atoms with E-state index in [4.69, 9.17) is 5.26 Å². The van der Waals surface area contributed by atoms with Gasteiger partial charge in [-0.2, -0.15) is 5.26 Å². The Balaban J connectivity index is 2.43. The highest BCUT2D eigenvalue weighted by molar-refractivity contribution is 5.49. The quantitative estimate of drug-likeness (QED) is 0.849. The maximum atomic E-state index is 9.06. The molecular formula is C14H15N5. The van der Waals surface area contributed by atoms with Crippen molar-refractivity contribution in [3.8, 4) is 11.8 Å². The van der Waals surface area contributed by atoms with Gasteiger partial charge in [0, 0.05) is 6.54 Å². The van der Waals surface area contributed by atoms with Crippen LogP contribution >= 0.6 is 0 Å². The summed E-state index contributed by atoms with van der Waals surface area (Å²) in [7, 11) is 0. The van der Waals surface area contributed by atoms with Crippen LogP contribution in [0, 0.1) is 25.2 Å². The number of anilines is 1. The zero-order chi connectivity index (χ0) is 13.8. The highest BCUT2D eigenvalue weighted by atomic mass is 15.5. The van der Waals surface area contributed by atoms with Crippen molar-refractivity contribution in [2.45, 2.75) is 13.8 Å². The normalized spacial score (nSPS) is 9.95. The molecule has 0 spiro atoms. The Bertz CT molecular complexity index is 648. The predicted molar refractivity (Wildman–Crippen MR) is 74.2 cm³/mol. The predicted octanol–water partition coefficient (Wildman–Crippen LogP) is 2.35. The van der Waals surface area contributed by atoms with E-state index in [-0.39, 0.29) is 5.69 Å². The average Bonchev–Trinajstić information content (AvgIpc) is 2.79. The summed E-state index contributed by atoms with van der Waals surface area (Å²) in [4.78, 5) is 1.48. The zero-order valence-electron chi connectivity index (χ0n) is 11.0. The number of aromatic nitrogens is 3. The molecule has 0 atom stereocenters. The molecule has 19 heavy (non-hydrogen) atoms. The molecule has 5 heteroatoms. The fourth-order valence-electron chi connectivity index (χ4n) is 1.81. The van der Waals surface area contributed by atoms with Gasteiger partial charge in [-0.15, -0.1) is 21.6 Å². The highest BCUT2D eigenvalue weighted by Gasteiger charge is 2.12. The van der Waals surface area contributed by atoms with Crippen molar-refractivity contribution in [2.24, 2.45) is 0 Å². The van der Waals surface area contributed by atoms with Crippen LogP contribution in [0.2, 0.25) is 0 Å². The van der Waals surface area contributed by atoms with E-state index in [1.165, 1.54) is 10.4 Å². The maximum Gasteiger partial charge on any atom is 0.207 e. The Morgan fingerprint density at radius 3 is 2.84 bits per heavy atom. The molecule has 0 fully saturated rings. The Morgan fingerprint density at radius 1 is 1.42 bits per heavy atom. The first-order valence-electron chi connectivity index (χ1n) is 5.95. The lowest BCUT2D eigenvalue weighted by molar-refractivity contribution is 0.745. The van der Waals surface area contributed by atoms with E-state index < -0.39 is 0 Å². The molecule has 96 valence electrons. The van der Waals surface area contributed by atoms with E-state index in [1.807, 2.05) is 32.0 Å². The van der Waals surface area contributed by atoms with Gasteiger partial charge < -0.3 is 5.32 Å². The van der Waals surface area contributed by atoms with Gasteiger partial charge in [0.15, 0.2) is 5.82 Å². The molecule has 0 radical (unpaired) electrons. The van der Waals surface area contributed by atoms with Crippen LogP contribution in [0.15, 0.2) is 30.9 Å². The summed E-state index contributed by atoms with van der Waals surface area (Å²) in [6.07, 6.45) is 1.71. The number of nitriles is 1. The minimum Gasteiger partial charge on any atom is -0.363 e. The molecule has 5 nitrogen and oxygen atoms in total. The van der Waals surface area contributed by atoms with Crippen molar-refractivity contribution in [1.82, 2.24) is 15.0 Å². The lowest BCUT2D eigenvalue weighted by atomic mass is 10.1. The second kappa shape index (κ2) is 5.36. The Kier molecular flexibility index (Phi) is 3.62. The van der Waals surface area contributed by atoms with Gasteiger partial charge in [0.25, 0.3) is 0 Å². The first kappa shape index (κ1) is 12.8. The van der Waals surface area contributed by atoms with Crippen molar-refractivity contribution >= 4 is 5.82 Å². The molecule has 0 aliphatic heterocycles. The molecule has 2 rings (SSSR count). The lowest BCUT2D eigenvalue weighted by Crippen LogP contribution is -2.03. The largest absolute Gasteiger partial charge is 0.363 e. The van der Waals surface area contributed by atoms with Crippen LogP contribution in [0.1, 0.15) is 16.8 Å². The molecule has 0 bridgehead atoms. The maximum absolute atomic E-state index is 9.06. The second-order valence-electron chi connectivity index (χ2n) is 4.26. The van der Waals surface area contributed by atoms with Gasteiger partial charge in [-0.05, 0) is 25.5 Å². The SMILES string of the molecule is C=CCNc1nn(-c2ccc(C)cc2C)nc1C#N. The minimum atomic E-state index is 0.279. The van der Waals surface area contributed by atoms with Crippen LogP contribution in [0.25, 0.3) is 5.69 Å². The van der Waals surface area contributed by atoms with E-state index in [1.54, 1.807) is 6.08 Å². The highest BCUT2D eigenvalue weighted by Crippen LogP contribution is 2.17. The molecule has 2 aromatic rings. The smallest absolute Gasteiger partial charge is 0.207 e. The summed E-state index contributed by atoms with van der Waals surface area (Å²) in [6, 6.07) is 8.03. The molecule has 1 heterocycles. The van der Waals surface area contributed by atoms with Gasteiger partial charge >= 0.3 is 0 Å². The van der Waals surface area contributed by atoms with Crippen molar-refractivity contribution in [3.63, 3.8) is 0 Å². The number of rotatable bonds is 4. The van der Waals surface area contributed by atoms with Gasteiger partial charge in [0.05, 0.1) is 5.69 Å². The fraction of sp³-hybridized carbons (Fsp3) is 0.214. The number of hydrogen-bond acceptors (Lipinski definition) is 4. The third-order valence-corrected chi connectivity index (χ3v) is 2.70. The zero-order valence-corrected chi connectivity index (χ0v) is 11.0. The van der Waals surface area contributed by atoms with Gasteiger partial charge in [-0.3, -0.25) is 0 Å². The number of aryl methyl sites for hydroxylation is 2. The summed E-state index contributed by atoms with van der Waals surface area (Å²) >= 11 is 0. The first-order chi connectivity index (χ1) is 9.15. The van der Waals surface area contributed by atoms with Crippen LogP contribution in [0.4, 0.5) is 5.82 Å². The van der Waals surface area contributed by atoms with Gasteiger partial charge in [0.2, 0.25) is 5.69 Å². The molecule has 1 aromatic heterocycles. The van der Waals surface area contributed by atoms with Crippen molar-refractivity contribution in [2.75, 3.05) is 11.9 Å². The van der Waals surface area contributed by atoms with E-state index in [0.717, 1.165) is 11.3 Å². The molecule has 0 aliphatic rings. The molecule has 0 amide bonds. The summed E-state index contributed by atoms with van der Waals surface area (Å²) < 4.78 is 0. The Morgan fingerprint density at radius 2 is 2.21 bits per heavy atom. The number of nitrogens with one attached hydrogen (secondary N) is 1. The molecule has 1 N–H and O–H groups in total. The Hall–Kier alpha value is -2.61. The molecule has 0 unspecified atom stereocenters. The molecular weight excluding hydrogens is 238 g/mol. The third-order valence-electron chi connectivity index (χ3n) is 2.70. The van der Waals surface area contributed by atoms with E-state index >= 15 is 0 Å². The third kappa shape index (κ3) is 2.63. The van der Waals surface area contributed by atoms with Crippen LogP contribution in [-0.2, 0) is 0 Å². The molecule has 0 saturated heterocycles. The summed E-state index contributed by atoms with van der Waals surface area (Å²) in [5.74, 6) is 0.474.